The number of hydrogen-bond donors (Lipinski definition) is 1. The first-order valence-corrected chi connectivity index (χ1v) is 8.36. The number of nitrogens with zero attached hydrogens (tertiary/aromatic N) is 2. The minimum absolute atomic E-state index is 0.332. The Morgan fingerprint density at radius 1 is 1.00 bits per heavy atom. The van der Waals surface area contributed by atoms with E-state index >= 15 is 0 Å². The number of anilines is 1. The third kappa shape index (κ3) is 3.42. The molecular formula is C21H15F2N3O. The van der Waals surface area contributed by atoms with Crippen molar-refractivity contribution in [1.82, 2.24) is 9.55 Å². The summed E-state index contributed by atoms with van der Waals surface area (Å²) in [5.41, 5.74) is 3.03. The van der Waals surface area contributed by atoms with E-state index in [0.717, 1.165) is 22.7 Å². The van der Waals surface area contributed by atoms with Crippen molar-refractivity contribution in [3.05, 3.63) is 95.8 Å². The number of carbonyl (C=O) groups is 1. The molecule has 1 N–H and O–H groups in total. The summed E-state index contributed by atoms with van der Waals surface area (Å²) in [6.07, 6.45) is 1.76. The van der Waals surface area contributed by atoms with Gasteiger partial charge in [0, 0.05) is 12.2 Å². The maximum Gasteiger partial charge on any atom is 0.258 e. The Balaban J connectivity index is 1.56. The lowest BCUT2D eigenvalue weighted by Crippen LogP contribution is -2.14. The Morgan fingerprint density at radius 3 is 2.70 bits per heavy atom. The summed E-state index contributed by atoms with van der Waals surface area (Å²) in [4.78, 5) is 16.6. The van der Waals surface area contributed by atoms with Crippen LogP contribution in [0, 0.1) is 11.6 Å². The number of nitrogens with one attached hydrogen (secondary N) is 1. The second-order valence-electron chi connectivity index (χ2n) is 6.12. The standard InChI is InChI=1S/C21H15F2N3O/c22-17-8-4-7-16(20(17)23)21(27)25-15-6-3-5-14(11-15)12-26-13-24-18-9-1-2-10-19(18)26/h1-11,13H,12H2,(H,25,27). The fourth-order valence-electron chi connectivity index (χ4n) is 2.96. The molecule has 0 atom stereocenters. The molecule has 0 aliphatic carbocycles. The highest BCUT2D eigenvalue weighted by Crippen LogP contribution is 2.18. The summed E-state index contributed by atoms with van der Waals surface area (Å²) < 4.78 is 29.1. The fraction of sp³-hybridized carbons (Fsp3) is 0.0476. The van der Waals surface area contributed by atoms with Gasteiger partial charge in [0.1, 0.15) is 0 Å². The molecule has 0 saturated heterocycles. The van der Waals surface area contributed by atoms with Gasteiger partial charge in [-0.25, -0.2) is 13.8 Å². The molecule has 0 fully saturated rings. The van der Waals surface area contributed by atoms with Gasteiger partial charge in [-0.15, -0.1) is 0 Å². The molecule has 0 bridgehead atoms. The maximum absolute atomic E-state index is 13.8. The van der Waals surface area contributed by atoms with Crippen molar-refractivity contribution >= 4 is 22.6 Å². The van der Waals surface area contributed by atoms with Crippen LogP contribution in [0.25, 0.3) is 11.0 Å². The van der Waals surface area contributed by atoms with E-state index in [9.17, 15) is 13.6 Å². The van der Waals surface area contributed by atoms with Crippen LogP contribution in [-0.4, -0.2) is 15.5 Å². The molecule has 134 valence electrons. The van der Waals surface area contributed by atoms with Gasteiger partial charge in [-0.05, 0) is 42.0 Å². The van der Waals surface area contributed by atoms with Crippen LogP contribution in [0.15, 0.2) is 73.1 Å². The number of aromatic nitrogens is 2. The van der Waals surface area contributed by atoms with Gasteiger partial charge in [-0.3, -0.25) is 4.79 Å². The zero-order valence-corrected chi connectivity index (χ0v) is 14.2. The van der Waals surface area contributed by atoms with Crippen molar-refractivity contribution in [1.29, 1.82) is 0 Å². The van der Waals surface area contributed by atoms with Gasteiger partial charge < -0.3 is 9.88 Å². The Bertz CT molecular complexity index is 1140. The average Bonchev–Trinajstić information content (AvgIpc) is 3.07. The van der Waals surface area contributed by atoms with Gasteiger partial charge in [-0.1, -0.05) is 30.3 Å². The average molecular weight is 363 g/mol. The fourth-order valence-corrected chi connectivity index (χ4v) is 2.96. The third-order valence-corrected chi connectivity index (χ3v) is 4.26. The summed E-state index contributed by atoms with van der Waals surface area (Å²) in [6.45, 7) is 0.568. The summed E-state index contributed by atoms with van der Waals surface area (Å²) in [7, 11) is 0. The van der Waals surface area contributed by atoms with Gasteiger partial charge in [0.15, 0.2) is 11.6 Å². The Hall–Kier alpha value is -3.54. The second kappa shape index (κ2) is 6.99. The molecule has 3 aromatic carbocycles. The lowest BCUT2D eigenvalue weighted by molar-refractivity contribution is 0.102. The highest BCUT2D eigenvalue weighted by molar-refractivity contribution is 6.04. The molecule has 0 aliphatic rings. The lowest BCUT2D eigenvalue weighted by Gasteiger charge is -2.09. The molecule has 4 nitrogen and oxygen atoms in total. The van der Waals surface area contributed by atoms with Crippen molar-refractivity contribution in [3.63, 3.8) is 0 Å². The number of halogens is 2. The first-order valence-electron chi connectivity index (χ1n) is 8.36. The van der Waals surface area contributed by atoms with Crippen LogP contribution in [0.4, 0.5) is 14.5 Å². The van der Waals surface area contributed by atoms with Crippen LogP contribution in [0.1, 0.15) is 15.9 Å². The highest BCUT2D eigenvalue weighted by atomic mass is 19.2. The summed E-state index contributed by atoms with van der Waals surface area (Å²) in [5, 5.41) is 2.61. The summed E-state index contributed by atoms with van der Waals surface area (Å²) >= 11 is 0. The Kier molecular flexibility index (Phi) is 4.38. The molecule has 0 spiro atoms. The molecule has 1 aromatic heterocycles. The minimum atomic E-state index is -1.16. The molecule has 27 heavy (non-hydrogen) atoms. The first kappa shape index (κ1) is 16.9. The van der Waals surface area contributed by atoms with E-state index in [4.69, 9.17) is 0 Å². The number of benzene rings is 3. The van der Waals surface area contributed by atoms with E-state index in [1.807, 2.05) is 34.9 Å². The monoisotopic (exact) mass is 363 g/mol. The van der Waals surface area contributed by atoms with E-state index < -0.39 is 17.5 Å². The van der Waals surface area contributed by atoms with E-state index in [0.29, 0.717) is 12.2 Å². The Labute approximate surface area is 154 Å². The number of amides is 1. The zero-order valence-electron chi connectivity index (χ0n) is 14.2. The Morgan fingerprint density at radius 2 is 1.81 bits per heavy atom. The predicted molar refractivity (Wildman–Crippen MR) is 99.6 cm³/mol. The molecular weight excluding hydrogens is 348 g/mol. The quantitative estimate of drug-likeness (QED) is 0.575. The van der Waals surface area contributed by atoms with Crippen LogP contribution < -0.4 is 5.32 Å². The van der Waals surface area contributed by atoms with Gasteiger partial charge in [-0.2, -0.15) is 0 Å². The summed E-state index contributed by atoms with van der Waals surface area (Å²) in [6, 6.07) is 18.5. The van der Waals surface area contributed by atoms with Crippen LogP contribution in [0.5, 0.6) is 0 Å². The molecule has 1 amide bonds. The van der Waals surface area contributed by atoms with Gasteiger partial charge in [0.2, 0.25) is 0 Å². The number of hydrogen-bond acceptors (Lipinski definition) is 2. The van der Waals surface area contributed by atoms with E-state index in [1.165, 1.54) is 12.1 Å². The van der Waals surface area contributed by atoms with Gasteiger partial charge in [0.05, 0.1) is 22.9 Å². The first-order chi connectivity index (χ1) is 13.1. The molecule has 0 saturated carbocycles. The molecule has 1 heterocycles. The molecule has 4 rings (SSSR count). The van der Waals surface area contributed by atoms with Gasteiger partial charge in [0.25, 0.3) is 5.91 Å². The number of para-hydroxylation sites is 2. The maximum atomic E-state index is 13.8. The molecule has 4 aromatic rings. The summed E-state index contributed by atoms with van der Waals surface area (Å²) in [5.74, 6) is -2.91. The normalized spacial score (nSPS) is 10.9. The number of imidazole rings is 1. The predicted octanol–water partition coefficient (Wildman–Crippen LogP) is 4.62. The van der Waals surface area contributed by atoms with E-state index in [2.05, 4.69) is 10.3 Å². The smallest absolute Gasteiger partial charge is 0.258 e. The van der Waals surface area contributed by atoms with Gasteiger partial charge >= 0.3 is 0 Å². The zero-order chi connectivity index (χ0) is 18.8. The van der Waals surface area contributed by atoms with E-state index in [1.54, 1.807) is 24.5 Å². The van der Waals surface area contributed by atoms with Crippen molar-refractivity contribution in [3.8, 4) is 0 Å². The topological polar surface area (TPSA) is 46.9 Å². The highest BCUT2D eigenvalue weighted by Gasteiger charge is 2.15. The van der Waals surface area contributed by atoms with Crippen LogP contribution in [0.3, 0.4) is 0 Å². The number of carbonyl (C=O) groups excluding carboxylic acids is 1. The van der Waals surface area contributed by atoms with Crippen LogP contribution >= 0.6 is 0 Å². The van der Waals surface area contributed by atoms with Crippen LogP contribution in [0.2, 0.25) is 0 Å². The van der Waals surface area contributed by atoms with E-state index in [-0.39, 0.29) is 5.56 Å². The molecule has 6 heteroatoms. The largest absolute Gasteiger partial charge is 0.326 e. The molecule has 0 radical (unpaired) electrons. The van der Waals surface area contributed by atoms with Crippen molar-refractivity contribution in [2.75, 3.05) is 5.32 Å². The molecule has 0 unspecified atom stereocenters. The lowest BCUT2D eigenvalue weighted by atomic mass is 10.1. The van der Waals surface area contributed by atoms with Crippen LogP contribution in [-0.2, 0) is 6.54 Å². The van der Waals surface area contributed by atoms with Crippen molar-refractivity contribution < 1.29 is 13.6 Å². The minimum Gasteiger partial charge on any atom is -0.326 e. The molecule has 0 aliphatic heterocycles. The van der Waals surface area contributed by atoms with Crippen molar-refractivity contribution in [2.45, 2.75) is 6.54 Å². The second-order valence-corrected chi connectivity index (χ2v) is 6.12. The third-order valence-electron chi connectivity index (χ3n) is 4.26. The van der Waals surface area contributed by atoms with Crippen molar-refractivity contribution in [2.24, 2.45) is 0 Å². The number of rotatable bonds is 4. The SMILES string of the molecule is O=C(Nc1cccc(Cn2cnc3ccccc32)c1)c1cccc(F)c1F. The number of fused-ring (bicyclic) bond motifs is 1.